The maximum Gasteiger partial charge on any atom is 0.254 e. The van der Waals surface area contributed by atoms with E-state index in [0.29, 0.717) is 24.9 Å². The number of fused-ring (bicyclic) bond motifs is 1. The highest BCUT2D eigenvalue weighted by Gasteiger charge is 2.52. The molecule has 7 rings (SSSR count). The van der Waals surface area contributed by atoms with Gasteiger partial charge in [0.2, 0.25) is 5.91 Å². The zero-order valence-electron chi connectivity index (χ0n) is 23.0. The third-order valence-corrected chi connectivity index (χ3v) is 11.6. The minimum atomic E-state index is -0.988. The summed E-state index contributed by atoms with van der Waals surface area (Å²) in [6, 6.07) is 5.64. The molecule has 0 aromatic heterocycles. The van der Waals surface area contributed by atoms with Crippen LogP contribution in [0.3, 0.4) is 0 Å². The molecule has 0 radical (unpaired) electrons. The van der Waals surface area contributed by atoms with E-state index in [0.717, 1.165) is 34.6 Å². The van der Waals surface area contributed by atoms with E-state index < -0.39 is 6.23 Å². The smallest absolute Gasteiger partial charge is 0.254 e. The second-order valence-electron chi connectivity index (χ2n) is 13.0. The van der Waals surface area contributed by atoms with E-state index in [1.54, 1.807) is 4.90 Å². The number of nitrogens with zero attached hydrogens (tertiary/aromatic N) is 2. The van der Waals surface area contributed by atoms with Crippen LogP contribution in [-0.2, 0) is 11.3 Å². The van der Waals surface area contributed by atoms with Gasteiger partial charge in [0.1, 0.15) is 6.23 Å². The lowest BCUT2D eigenvalue weighted by Gasteiger charge is -2.60. The van der Waals surface area contributed by atoms with E-state index >= 15 is 0 Å². The minimum absolute atomic E-state index is 0.0267. The predicted octanol–water partition coefficient (Wildman–Crippen LogP) is 5.18. The van der Waals surface area contributed by atoms with Crippen molar-refractivity contribution >= 4 is 23.6 Å². The molecule has 4 saturated carbocycles. The Morgan fingerprint density at radius 2 is 1.71 bits per heavy atom. The van der Waals surface area contributed by atoms with E-state index in [-0.39, 0.29) is 17.9 Å². The summed E-state index contributed by atoms with van der Waals surface area (Å²) in [5.41, 5.74) is 2.38. The molecule has 4 aliphatic carbocycles. The van der Waals surface area contributed by atoms with Gasteiger partial charge in [-0.15, -0.1) is 11.8 Å². The molecule has 1 aromatic carbocycles. The summed E-state index contributed by atoms with van der Waals surface area (Å²) in [6.07, 6.45) is 15.3. The van der Waals surface area contributed by atoms with Crippen LogP contribution in [0.4, 0.5) is 0 Å². The van der Waals surface area contributed by atoms with Crippen LogP contribution >= 0.6 is 11.8 Å². The molecule has 2 amide bonds. The molecule has 6 nitrogen and oxygen atoms in total. The first-order chi connectivity index (χ1) is 18.4. The van der Waals surface area contributed by atoms with Gasteiger partial charge < -0.3 is 20.2 Å². The van der Waals surface area contributed by atoms with Crippen LogP contribution in [0.1, 0.15) is 99.4 Å². The molecule has 6 aliphatic rings. The lowest BCUT2D eigenvalue weighted by atomic mass is 9.52. The number of hydrogen-bond acceptors (Lipinski definition) is 5. The molecule has 1 saturated heterocycles. The van der Waals surface area contributed by atoms with E-state index in [2.05, 4.69) is 23.3 Å². The molecule has 5 fully saturated rings. The molecule has 7 heteroatoms. The molecule has 2 heterocycles. The number of thioether (sulfide) groups is 1. The number of amides is 2. The lowest BCUT2D eigenvalue weighted by Crippen LogP contribution is -2.58. The van der Waals surface area contributed by atoms with Crippen molar-refractivity contribution in [2.24, 2.45) is 17.8 Å². The molecule has 2 unspecified atom stereocenters. The van der Waals surface area contributed by atoms with Crippen LogP contribution in [0.5, 0.6) is 0 Å². The summed E-state index contributed by atoms with van der Waals surface area (Å²) < 4.78 is 0. The van der Waals surface area contributed by atoms with Crippen molar-refractivity contribution in [1.82, 2.24) is 15.1 Å². The summed E-state index contributed by atoms with van der Waals surface area (Å²) in [5, 5.41) is 12.9. The van der Waals surface area contributed by atoms with Crippen LogP contribution in [0.15, 0.2) is 23.1 Å². The van der Waals surface area contributed by atoms with Crippen LogP contribution in [0, 0.1) is 17.8 Å². The monoisotopic (exact) mass is 539 g/mol. The van der Waals surface area contributed by atoms with Gasteiger partial charge in [-0.25, -0.2) is 0 Å². The Balaban J connectivity index is 0.907. The van der Waals surface area contributed by atoms with Gasteiger partial charge in [-0.1, -0.05) is 25.3 Å². The van der Waals surface area contributed by atoms with Crippen LogP contribution in [0.25, 0.3) is 0 Å². The number of carbonyl (C=O) groups is 2. The van der Waals surface area contributed by atoms with Crippen LogP contribution in [0.2, 0.25) is 0 Å². The van der Waals surface area contributed by atoms with Gasteiger partial charge in [-0.3, -0.25) is 9.59 Å². The Kier molecular flexibility index (Phi) is 7.80. The molecule has 4 bridgehead atoms. The highest BCUT2D eigenvalue weighted by Crippen LogP contribution is 2.57. The summed E-state index contributed by atoms with van der Waals surface area (Å²) in [4.78, 5) is 30.4. The van der Waals surface area contributed by atoms with Gasteiger partial charge in [0.15, 0.2) is 0 Å². The number of benzene rings is 1. The second-order valence-corrected chi connectivity index (χ2v) is 14.2. The third kappa shape index (κ3) is 5.27. The van der Waals surface area contributed by atoms with Gasteiger partial charge in [-0.05, 0) is 113 Å². The molecule has 2 atom stereocenters. The average molecular weight is 540 g/mol. The molecule has 2 aliphatic heterocycles. The van der Waals surface area contributed by atoms with E-state index in [1.165, 1.54) is 82.1 Å². The molecular formula is C31H45N3O3S. The molecule has 2 N–H and O–H groups in total. The molecule has 38 heavy (non-hydrogen) atoms. The van der Waals surface area contributed by atoms with E-state index in [4.69, 9.17) is 0 Å². The Labute approximate surface area is 232 Å². The zero-order chi connectivity index (χ0) is 26.3. The summed E-state index contributed by atoms with van der Waals surface area (Å²) in [6.45, 7) is 1.78. The van der Waals surface area contributed by atoms with Crippen molar-refractivity contribution in [2.45, 2.75) is 113 Å². The largest absolute Gasteiger partial charge is 0.372 e. The molecule has 0 spiro atoms. The van der Waals surface area contributed by atoms with Gasteiger partial charge in [0.25, 0.3) is 5.91 Å². The standard InChI is InChI=1S/C31H45N3O3S/c1-33(31-17-21-14-22(18-31)16-23(15-21)19-31)12-5-3-2-4-6-13-38-27-9-7-8-24-25(27)20-34(30(24)37)26-10-11-28(35)32-29(26)36/h7-9,21-23,26,29,36H,2-6,10-20H2,1H3,(H,32,35). The van der Waals surface area contributed by atoms with Gasteiger partial charge >= 0.3 is 0 Å². The van der Waals surface area contributed by atoms with Crippen molar-refractivity contribution in [3.63, 3.8) is 0 Å². The Morgan fingerprint density at radius 3 is 2.42 bits per heavy atom. The summed E-state index contributed by atoms with van der Waals surface area (Å²) in [7, 11) is 2.42. The topological polar surface area (TPSA) is 72.9 Å². The molecule has 1 aromatic rings. The highest BCUT2D eigenvalue weighted by molar-refractivity contribution is 7.99. The first kappa shape index (κ1) is 26.6. The lowest BCUT2D eigenvalue weighted by molar-refractivity contribution is -0.129. The van der Waals surface area contributed by atoms with Crippen molar-refractivity contribution in [3.8, 4) is 0 Å². The summed E-state index contributed by atoms with van der Waals surface area (Å²) in [5.74, 6) is 3.96. The van der Waals surface area contributed by atoms with Crippen molar-refractivity contribution in [3.05, 3.63) is 29.3 Å². The van der Waals surface area contributed by atoms with Crippen molar-refractivity contribution < 1.29 is 14.7 Å². The number of hydrogen-bond donors (Lipinski definition) is 2. The maximum atomic E-state index is 13.1. The second kappa shape index (κ2) is 11.1. The fraction of sp³-hybridized carbons (Fsp3) is 0.742. The quantitative estimate of drug-likeness (QED) is 0.299. The SMILES string of the molecule is CN(CCCCCCCSc1cccc2c1CN(C1CCC(=O)NC1O)C2=O)C12CC3CC(CC(C3)C1)C2. The third-order valence-electron chi connectivity index (χ3n) is 10.4. The van der Waals surface area contributed by atoms with Crippen molar-refractivity contribution in [2.75, 3.05) is 19.3 Å². The number of nitrogens with one attached hydrogen (secondary N) is 1. The number of rotatable bonds is 11. The first-order valence-corrected chi connectivity index (χ1v) is 16.1. The zero-order valence-corrected chi connectivity index (χ0v) is 23.8. The Bertz CT molecular complexity index is 1010. The number of carbonyl (C=O) groups excluding carboxylic acids is 2. The Hall–Kier alpha value is -1.57. The van der Waals surface area contributed by atoms with Gasteiger partial charge in [0, 0.05) is 29.0 Å². The molecule has 208 valence electrons. The van der Waals surface area contributed by atoms with Crippen molar-refractivity contribution in [1.29, 1.82) is 0 Å². The fourth-order valence-corrected chi connectivity index (χ4v) is 9.85. The van der Waals surface area contributed by atoms with Gasteiger partial charge in [0.05, 0.1) is 6.04 Å². The van der Waals surface area contributed by atoms with Crippen LogP contribution < -0.4 is 5.32 Å². The van der Waals surface area contributed by atoms with Crippen LogP contribution in [-0.4, -0.2) is 63.9 Å². The number of aliphatic hydroxyl groups excluding tert-OH is 1. The minimum Gasteiger partial charge on any atom is -0.372 e. The fourth-order valence-electron chi connectivity index (χ4n) is 8.76. The summed E-state index contributed by atoms with van der Waals surface area (Å²) >= 11 is 1.86. The Morgan fingerprint density at radius 1 is 1.03 bits per heavy atom. The molecular weight excluding hydrogens is 494 g/mol. The maximum absolute atomic E-state index is 13.1. The number of aliphatic hydroxyl groups is 1. The predicted molar refractivity (Wildman–Crippen MR) is 151 cm³/mol. The number of unbranched alkanes of at least 4 members (excludes halogenated alkanes) is 4. The average Bonchev–Trinajstić information content (AvgIpc) is 3.21. The number of piperidine rings is 1. The van der Waals surface area contributed by atoms with E-state index in [9.17, 15) is 14.7 Å². The first-order valence-electron chi connectivity index (χ1n) is 15.2. The highest BCUT2D eigenvalue weighted by atomic mass is 32.2. The van der Waals surface area contributed by atoms with Gasteiger partial charge in [-0.2, -0.15) is 0 Å². The normalized spacial score (nSPS) is 33.8. The van der Waals surface area contributed by atoms with E-state index in [1.807, 2.05) is 23.9 Å².